The van der Waals surface area contributed by atoms with Crippen molar-refractivity contribution in [3.63, 3.8) is 0 Å². The molecule has 1 aliphatic rings. The third-order valence-electron chi connectivity index (χ3n) is 3.14. The first-order chi connectivity index (χ1) is 9.06. The zero-order chi connectivity index (χ0) is 14.0. The Hall–Kier alpha value is -1.27. The van der Waals surface area contributed by atoms with E-state index in [2.05, 4.69) is 15.9 Å². The van der Waals surface area contributed by atoms with E-state index in [1.165, 1.54) is 14.2 Å². The van der Waals surface area contributed by atoms with Gasteiger partial charge in [-0.05, 0) is 34.5 Å². The van der Waals surface area contributed by atoms with Crippen LogP contribution in [0, 0.1) is 0 Å². The van der Waals surface area contributed by atoms with Gasteiger partial charge in [-0.25, -0.2) is 0 Å². The Bertz CT molecular complexity index is 467. The van der Waals surface area contributed by atoms with Crippen LogP contribution in [0.4, 0.5) is 0 Å². The lowest BCUT2D eigenvalue weighted by Gasteiger charge is -2.17. The number of methoxy groups -OCH3 is 2. The minimum Gasteiger partial charge on any atom is -0.495 e. The van der Waals surface area contributed by atoms with Crippen molar-refractivity contribution >= 4 is 21.8 Å². The lowest BCUT2D eigenvalue weighted by Crippen LogP contribution is -2.29. The first kappa shape index (κ1) is 14.1. The number of hydrogen-bond acceptors (Lipinski definition) is 4. The molecule has 0 bridgehead atoms. The fourth-order valence-corrected chi connectivity index (χ4v) is 2.65. The summed E-state index contributed by atoms with van der Waals surface area (Å²) in [6.07, 6.45) is 0.194. The second kappa shape index (κ2) is 5.79. The average Bonchev–Trinajstić information content (AvgIpc) is 2.85. The summed E-state index contributed by atoms with van der Waals surface area (Å²) >= 11 is 3.36. The molecule has 1 aromatic carbocycles. The minimum atomic E-state index is -0.428. The first-order valence-electron chi connectivity index (χ1n) is 5.95. The summed E-state index contributed by atoms with van der Waals surface area (Å²) < 4.78 is 11.1. The Morgan fingerprint density at radius 1 is 1.37 bits per heavy atom. The Morgan fingerprint density at radius 2 is 1.95 bits per heavy atom. The van der Waals surface area contributed by atoms with Crippen molar-refractivity contribution in [3.8, 4) is 11.5 Å². The summed E-state index contributed by atoms with van der Waals surface area (Å²) in [6, 6.07) is 3.33. The minimum absolute atomic E-state index is 0.124. The molecule has 0 saturated carbocycles. The third kappa shape index (κ3) is 2.84. The number of amides is 1. The fourth-order valence-electron chi connectivity index (χ4n) is 2.10. The van der Waals surface area contributed by atoms with Gasteiger partial charge in [-0.15, -0.1) is 0 Å². The van der Waals surface area contributed by atoms with Gasteiger partial charge < -0.3 is 19.5 Å². The van der Waals surface area contributed by atoms with E-state index in [1.54, 1.807) is 17.0 Å². The number of carbonyl (C=O) groups is 1. The molecule has 104 valence electrons. The van der Waals surface area contributed by atoms with Gasteiger partial charge in [0.2, 0.25) is 0 Å². The number of halogens is 1. The van der Waals surface area contributed by atoms with Crippen molar-refractivity contribution in [3.05, 3.63) is 22.2 Å². The van der Waals surface area contributed by atoms with Crippen LogP contribution < -0.4 is 9.47 Å². The van der Waals surface area contributed by atoms with E-state index < -0.39 is 6.10 Å². The molecule has 0 aromatic heterocycles. The molecule has 0 spiro atoms. The van der Waals surface area contributed by atoms with Gasteiger partial charge in [0.05, 0.1) is 20.3 Å². The Kier molecular flexibility index (Phi) is 4.31. The van der Waals surface area contributed by atoms with Crippen LogP contribution in [0.5, 0.6) is 11.5 Å². The van der Waals surface area contributed by atoms with Crippen molar-refractivity contribution in [2.75, 3.05) is 27.3 Å². The molecular formula is C13H16BrNO4. The predicted octanol–water partition coefficient (Wildman–Crippen LogP) is 1.67. The lowest BCUT2D eigenvalue weighted by molar-refractivity contribution is 0.0764. The maximum Gasteiger partial charge on any atom is 0.254 e. The van der Waals surface area contributed by atoms with Gasteiger partial charge in [-0.2, -0.15) is 0 Å². The summed E-state index contributed by atoms with van der Waals surface area (Å²) in [5, 5.41) is 9.49. The van der Waals surface area contributed by atoms with Gasteiger partial charge in [-0.3, -0.25) is 4.79 Å². The van der Waals surface area contributed by atoms with Gasteiger partial charge >= 0.3 is 0 Å². The number of hydrogen-bond donors (Lipinski definition) is 1. The average molecular weight is 330 g/mol. The van der Waals surface area contributed by atoms with Gasteiger partial charge in [0, 0.05) is 18.7 Å². The van der Waals surface area contributed by atoms with Crippen LogP contribution in [-0.2, 0) is 0 Å². The van der Waals surface area contributed by atoms with E-state index >= 15 is 0 Å². The summed E-state index contributed by atoms with van der Waals surface area (Å²) in [4.78, 5) is 14.0. The molecule has 1 fully saturated rings. The number of carbonyl (C=O) groups excluding carboxylic acids is 1. The van der Waals surface area contributed by atoms with E-state index in [0.29, 0.717) is 41.0 Å². The van der Waals surface area contributed by atoms with Crippen molar-refractivity contribution in [1.82, 2.24) is 4.90 Å². The highest BCUT2D eigenvalue weighted by molar-refractivity contribution is 9.10. The maximum absolute atomic E-state index is 12.3. The quantitative estimate of drug-likeness (QED) is 0.916. The van der Waals surface area contributed by atoms with E-state index in [4.69, 9.17) is 9.47 Å². The summed E-state index contributed by atoms with van der Waals surface area (Å²) in [7, 11) is 3.07. The number of β-amino-alcohol motifs (C(OH)–C–C–N with tert-alkyl or cyclic N) is 1. The largest absolute Gasteiger partial charge is 0.495 e. The Balaban J connectivity index is 2.31. The van der Waals surface area contributed by atoms with Crippen LogP contribution >= 0.6 is 15.9 Å². The van der Waals surface area contributed by atoms with E-state index in [9.17, 15) is 9.90 Å². The van der Waals surface area contributed by atoms with Crippen molar-refractivity contribution in [1.29, 1.82) is 0 Å². The van der Waals surface area contributed by atoms with Crippen LogP contribution in [0.2, 0.25) is 0 Å². The SMILES string of the molecule is COc1cc(C(=O)N2CC[C@H](O)C2)cc(OC)c1Br. The van der Waals surface area contributed by atoms with Crippen LogP contribution in [0.3, 0.4) is 0 Å². The highest BCUT2D eigenvalue weighted by Gasteiger charge is 2.26. The second-order valence-corrected chi connectivity index (χ2v) is 5.18. The van der Waals surface area contributed by atoms with Gasteiger partial charge in [0.15, 0.2) is 0 Å². The van der Waals surface area contributed by atoms with Crippen LogP contribution in [0.1, 0.15) is 16.8 Å². The topological polar surface area (TPSA) is 59.0 Å². The molecule has 0 aliphatic carbocycles. The molecule has 1 N–H and O–H groups in total. The van der Waals surface area contributed by atoms with Crippen molar-refractivity contribution < 1.29 is 19.4 Å². The Labute approximate surface area is 120 Å². The standard InChI is InChI=1S/C13H16BrNO4/c1-18-10-5-8(6-11(19-2)12(10)14)13(17)15-4-3-9(16)7-15/h5-6,9,16H,3-4,7H2,1-2H3/t9-/m0/s1. The molecule has 19 heavy (non-hydrogen) atoms. The van der Waals surface area contributed by atoms with E-state index in [-0.39, 0.29) is 5.91 Å². The first-order valence-corrected chi connectivity index (χ1v) is 6.75. The molecule has 6 heteroatoms. The number of nitrogens with zero attached hydrogens (tertiary/aromatic N) is 1. The molecule has 1 saturated heterocycles. The molecule has 0 radical (unpaired) electrons. The van der Waals surface area contributed by atoms with E-state index in [0.717, 1.165) is 0 Å². The zero-order valence-electron chi connectivity index (χ0n) is 10.9. The van der Waals surface area contributed by atoms with Crippen LogP contribution in [0.15, 0.2) is 16.6 Å². The molecule has 1 aromatic rings. The van der Waals surface area contributed by atoms with Crippen molar-refractivity contribution in [2.24, 2.45) is 0 Å². The molecule has 0 unspecified atom stereocenters. The molecule has 1 amide bonds. The monoisotopic (exact) mass is 329 g/mol. The van der Waals surface area contributed by atoms with Crippen molar-refractivity contribution in [2.45, 2.75) is 12.5 Å². The molecule has 1 atom stereocenters. The molecule has 1 heterocycles. The van der Waals surface area contributed by atoms with Gasteiger partial charge in [-0.1, -0.05) is 0 Å². The number of aliphatic hydroxyl groups is 1. The second-order valence-electron chi connectivity index (χ2n) is 4.39. The third-order valence-corrected chi connectivity index (χ3v) is 3.92. The lowest BCUT2D eigenvalue weighted by atomic mass is 10.1. The summed E-state index contributed by atoms with van der Waals surface area (Å²) in [6.45, 7) is 0.945. The number of benzene rings is 1. The number of aliphatic hydroxyl groups excluding tert-OH is 1. The number of ether oxygens (including phenoxy) is 2. The van der Waals surface area contributed by atoms with Crippen LogP contribution in [-0.4, -0.2) is 49.3 Å². The van der Waals surface area contributed by atoms with Gasteiger partial charge in [0.25, 0.3) is 5.91 Å². The fraction of sp³-hybridized carbons (Fsp3) is 0.462. The zero-order valence-corrected chi connectivity index (χ0v) is 12.4. The number of rotatable bonds is 3. The van der Waals surface area contributed by atoms with Crippen LogP contribution in [0.25, 0.3) is 0 Å². The molecule has 2 rings (SSSR count). The smallest absolute Gasteiger partial charge is 0.254 e. The van der Waals surface area contributed by atoms with Gasteiger partial charge in [0.1, 0.15) is 16.0 Å². The Morgan fingerprint density at radius 3 is 2.37 bits per heavy atom. The van der Waals surface area contributed by atoms with E-state index in [1.807, 2.05) is 0 Å². The summed E-state index contributed by atoms with van der Waals surface area (Å²) in [5.74, 6) is 0.963. The predicted molar refractivity (Wildman–Crippen MR) is 73.8 cm³/mol. The molecule has 1 aliphatic heterocycles. The number of likely N-dealkylation sites (tertiary alicyclic amines) is 1. The summed E-state index contributed by atoms with van der Waals surface area (Å²) in [5.41, 5.74) is 0.492. The molecule has 5 nitrogen and oxygen atoms in total. The molecular weight excluding hydrogens is 314 g/mol. The normalized spacial score (nSPS) is 18.5. The highest BCUT2D eigenvalue weighted by atomic mass is 79.9. The maximum atomic E-state index is 12.3. The highest BCUT2D eigenvalue weighted by Crippen LogP contribution is 2.36.